The normalized spacial score (nSPS) is 10.3. The number of halogens is 1. The predicted molar refractivity (Wildman–Crippen MR) is 78.2 cm³/mol. The van der Waals surface area contributed by atoms with Gasteiger partial charge in [0.05, 0.1) is 13.0 Å². The van der Waals surface area contributed by atoms with Crippen LogP contribution in [0.2, 0.25) is 0 Å². The molecule has 0 saturated heterocycles. The average molecular weight is 330 g/mol. The monoisotopic (exact) mass is 329 g/mol. The highest BCUT2D eigenvalue weighted by Gasteiger charge is 2.10. The molecule has 4 nitrogen and oxygen atoms in total. The highest BCUT2D eigenvalue weighted by molar-refractivity contribution is 9.10. The maximum absolute atomic E-state index is 11.9. The number of ether oxygens (including phenoxy) is 1. The molecule has 0 aromatic heterocycles. The van der Waals surface area contributed by atoms with E-state index in [2.05, 4.69) is 15.9 Å². The SMILES string of the molecule is CCN(CCCO)C(=O)CCOc1cccc(Br)c1. The van der Waals surface area contributed by atoms with E-state index in [9.17, 15) is 4.79 Å². The Labute approximate surface area is 122 Å². The summed E-state index contributed by atoms with van der Waals surface area (Å²) in [6, 6.07) is 7.54. The minimum absolute atomic E-state index is 0.0611. The number of benzene rings is 1. The van der Waals surface area contributed by atoms with Crippen molar-refractivity contribution in [3.05, 3.63) is 28.7 Å². The van der Waals surface area contributed by atoms with Gasteiger partial charge in [-0.1, -0.05) is 22.0 Å². The van der Waals surface area contributed by atoms with E-state index in [0.29, 0.717) is 32.5 Å². The first-order valence-electron chi connectivity index (χ1n) is 6.44. The van der Waals surface area contributed by atoms with Crippen LogP contribution < -0.4 is 4.74 Å². The fraction of sp³-hybridized carbons (Fsp3) is 0.500. The van der Waals surface area contributed by atoms with Gasteiger partial charge in [-0.25, -0.2) is 0 Å². The summed E-state index contributed by atoms with van der Waals surface area (Å²) in [4.78, 5) is 13.6. The maximum Gasteiger partial charge on any atom is 0.225 e. The van der Waals surface area contributed by atoms with Crippen molar-refractivity contribution < 1.29 is 14.6 Å². The lowest BCUT2D eigenvalue weighted by molar-refractivity contribution is -0.131. The molecule has 0 heterocycles. The Kier molecular flexibility index (Phi) is 7.52. The van der Waals surface area contributed by atoms with E-state index >= 15 is 0 Å². The van der Waals surface area contributed by atoms with Gasteiger partial charge in [-0.15, -0.1) is 0 Å². The lowest BCUT2D eigenvalue weighted by Crippen LogP contribution is -2.33. The van der Waals surface area contributed by atoms with Crippen LogP contribution in [0.3, 0.4) is 0 Å². The number of aliphatic hydroxyl groups is 1. The molecule has 1 aromatic carbocycles. The minimum atomic E-state index is 0.0611. The predicted octanol–water partition coefficient (Wildman–Crippen LogP) is 2.45. The van der Waals surface area contributed by atoms with Crippen LogP contribution in [0.5, 0.6) is 5.75 Å². The first kappa shape index (κ1) is 16.0. The Hall–Kier alpha value is -1.07. The summed E-state index contributed by atoms with van der Waals surface area (Å²) in [7, 11) is 0. The van der Waals surface area contributed by atoms with E-state index in [1.54, 1.807) is 4.90 Å². The third-order valence-corrected chi connectivity index (χ3v) is 3.19. The summed E-state index contributed by atoms with van der Waals surface area (Å²) < 4.78 is 6.48. The van der Waals surface area contributed by atoms with E-state index in [1.165, 1.54) is 0 Å². The Balaban J connectivity index is 2.33. The second-order valence-corrected chi connectivity index (χ2v) is 5.02. The van der Waals surface area contributed by atoms with Gasteiger partial charge in [-0.3, -0.25) is 4.79 Å². The van der Waals surface area contributed by atoms with Gasteiger partial charge in [-0.05, 0) is 31.5 Å². The van der Waals surface area contributed by atoms with Gasteiger partial charge in [0.1, 0.15) is 5.75 Å². The molecule has 1 N–H and O–H groups in total. The number of nitrogens with zero attached hydrogens (tertiary/aromatic N) is 1. The van der Waals surface area contributed by atoms with Crippen LogP contribution in [0, 0.1) is 0 Å². The Morgan fingerprint density at radius 2 is 2.26 bits per heavy atom. The molecule has 19 heavy (non-hydrogen) atoms. The molecule has 0 bridgehead atoms. The molecule has 0 radical (unpaired) electrons. The van der Waals surface area contributed by atoms with Crippen molar-refractivity contribution in [1.29, 1.82) is 0 Å². The van der Waals surface area contributed by atoms with Crippen LogP contribution in [0.4, 0.5) is 0 Å². The van der Waals surface area contributed by atoms with Crippen molar-refractivity contribution in [3.8, 4) is 5.75 Å². The second kappa shape index (κ2) is 8.93. The summed E-state index contributed by atoms with van der Waals surface area (Å²) >= 11 is 3.37. The summed E-state index contributed by atoms with van der Waals surface area (Å²) in [5.74, 6) is 0.812. The standard InChI is InChI=1S/C14H20BrNO3/c1-2-16(8-4-9-17)14(18)7-10-19-13-6-3-5-12(15)11-13/h3,5-6,11,17H,2,4,7-10H2,1H3. The highest BCUT2D eigenvalue weighted by atomic mass is 79.9. The number of amides is 1. The molecule has 0 aliphatic carbocycles. The molecule has 0 aliphatic rings. The fourth-order valence-corrected chi connectivity index (χ4v) is 2.07. The number of rotatable bonds is 8. The molecule has 0 unspecified atom stereocenters. The smallest absolute Gasteiger partial charge is 0.225 e. The maximum atomic E-state index is 11.9. The summed E-state index contributed by atoms with van der Waals surface area (Å²) in [6.45, 7) is 3.67. The molecule has 0 atom stereocenters. The highest BCUT2D eigenvalue weighted by Crippen LogP contribution is 2.17. The van der Waals surface area contributed by atoms with Gasteiger partial charge in [0.2, 0.25) is 5.91 Å². The van der Waals surface area contributed by atoms with Crippen LogP contribution in [0.15, 0.2) is 28.7 Å². The Morgan fingerprint density at radius 1 is 1.47 bits per heavy atom. The second-order valence-electron chi connectivity index (χ2n) is 4.11. The first-order chi connectivity index (χ1) is 9.17. The largest absolute Gasteiger partial charge is 0.493 e. The fourth-order valence-electron chi connectivity index (χ4n) is 1.69. The summed E-state index contributed by atoms with van der Waals surface area (Å²) in [5.41, 5.74) is 0. The molecular weight excluding hydrogens is 310 g/mol. The lowest BCUT2D eigenvalue weighted by Gasteiger charge is -2.20. The zero-order valence-electron chi connectivity index (χ0n) is 11.1. The van der Waals surface area contributed by atoms with E-state index in [1.807, 2.05) is 31.2 Å². The van der Waals surface area contributed by atoms with Crippen molar-refractivity contribution >= 4 is 21.8 Å². The van der Waals surface area contributed by atoms with E-state index in [-0.39, 0.29) is 12.5 Å². The van der Waals surface area contributed by atoms with Crippen LogP contribution in [0.25, 0.3) is 0 Å². The molecule has 1 rings (SSSR count). The molecule has 106 valence electrons. The Bertz CT molecular complexity index is 398. The third-order valence-electron chi connectivity index (χ3n) is 2.70. The average Bonchev–Trinajstić information content (AvgIpc) is 2.39. The van der Waals surface area contributed by atoms with Gasteiger partial charge < -0.3 is 14.7 Å². The van der Waals surface area contributed by atoms with Crippen molar-refractivity contribution in [3.63, 3.8) is 0 Å². The third kappa shape index (κ3) is 6.07. The molecule has 0 spiro atoms. The van der Waals surface area contributed by atoms with E-state index < -0.39 is 0 Å². The van der Waals surface area contributed by atoms with E-state index in [0.717, 1.165) is 10.2 Å². The summed E-state index contributed by atoms with van der Waals surface area (Å²) in [6.07, 6.45) is 0.970. The zero-order chi connectivity index (χ0) is 14.1. The number of hydrogen-bond donors (Lipinski definition) is 1. The van der Waals surface area contributed by atoms with Crippen LogP contribution >= 0.6 is 15.9 Å². The van der Waals surface area contributed by atoms with Gasteiger partial charge in [0.15, 0.2) is 0 Å². The van der Waals surface area contributed by atoms with Crippen molar-refractivity contribution in [2.24, 2.45) is 0 Å². The van der Waals surface area contributed by atoms with Gasteiger partial charge in [-0.2, -0.15) is 0 Å². The van der Waals surface area contributed by atoms with Crippen LogP contribution in [-0.4, -0.2) is 42.2 Å². The van der Waals surface area contributed by atoms with Crippen LogP contribution in [-0.2, 0) is 4.79 Å². The number of hydrogen-bond acceptors (Lipinski definition) is 3. The van der Waals surface area contributed by atoms with E-state index in [4.69, 9.17) is 9.84 Å². The molecule has 1 aromatic rings. The van der Waals surface area contributed by atoms with Crippen LogP contribution in [0.1, 0.15) is 19.8 Å². The molecule has 0 saturated carbocycles. The van der Waals surface area contributed by atoms with Crippen molar-refractivity contribution in [1.82, 2.24) is 4.90 Å². The lowest BCUT2D eigenvalue weighted by atomic mass is 10.3. The van der Waals surface area contributed by atoms with Crippen molar-refractivity contribution in [2.45, 2.75) is 19.8 Å². The number of aliphatic hydroxyl groups excluding tert-OH is 1. The number of carbonyl (C=O) groups excluding carboxylic acids is 1. The van der Waals surface area contributed by atoms with Gasteiger partial charge in [0.25, 0.3) is 0 Å². The summed E-state index contributed by atoms with van der Waals surface area (Å²) in [5, 5.41) is 8.78. The quantitative estimate of drug-likeness (QED) is 0.797. The number of carbonyl (C=O) groups is 1. The first-order valence-corrected chi connectivity index (χ1v) is 7.23. The van der Waals surface area contributed by atoms with Crippen molar-refractivity contribution in [2.75, 3.05) is 26.3 Å². The molecule has 1 amide bonds. The minimum Gasteiger partial charge on any atom is -0.493 e. The Morgan fingerprint density at radius 3 is 2.89 bits per heavy atom. The van der Waals surface area contributed by atoms with Gasteiger partial charge in [0, 0.05) is 24.2 Å². The topological polar surface area (TPSA) is 49.8 Å². The molecule has 5 heteroatoms. The molecule has 0 aliphatic heterocycles. The zero-order valence-corrected chi connectivity index (χ0v) is 12.7. The molecular formula is C14H20BrNO3. The van der Waals surface area contributed by atoms with Gasteiger partial charge >= 0.3 is 0 Å². The molecule has 0 fully saturated rings.